The van der Waals surface area contributed by atoms with Crippen LogP contribution in [-0.4, -0.2) is 36.5 Å². The molecule has 1 aliphatic rings. The molecular weight excluding hydrogens is 286 g/mol. The molecule has 0 aliphatic carbocycles. The van der Waals surface area contributed by atoms with Crippen LogP contribution < -0.4 is 5.32 Å². The standard InChI is InChI=1S/C19H27N3O/c1-14-6-5-7-15(10-14)16-11-17(13-22(12-16)9-8-20)21-18(23)19(2,3)4/h5-7,10,16-17H,9,11-13H2,1-4H3,(H,21,23). The van der Waals surface area contributed by atoms with E-state index >= 15 is 0 Å². The van der Waals surface area contributed by atoms with Crippen LogP contribution in [0.15, 0.2) is 24.3 Å². The highest BCUT2D eigenvalue weighted by Crippen LogP contribution is 2.28. The van der Waals surface area contributed by atoms with Crippen LogP contribution in [0.2, 0.25) is 0 Å². The number of benzene rings is 1. The summed E-state index contributed by atoms with van der Waals surface area (Å²) in [6, 6.07) is 10.9. The minimum atomic E-state index is -0.393. The van der Waals surface area contributed by atoms with E-state index in [2.05, 4.69) is 47.5 Å². The molecule has 1 aromatic carbocycles. The fourth-order valence-corrected chi connectivity index (χ4v) is 3.09. The van der Waals surface area contributed by atoms with Crippen molar-refractivity contribution < 1.29 is 4.79 Å². The van der Waals surface area contributed by atoms with E-state index in [9.17, 15) is 4.79 Å². The second kappa shape index (κ2) is 7.14. The third-order valence-corrected chi connectivity index (χ3v) is 4.35. The van der Waals surface area contributed by atoms with Crippen molar-refractivity contribution in [3.05, 3.63) is 35.4 Å². The van der Waals surface area contributed by atoms with E-state index in [0.29, 0.717) is 12.5 Å². The predicted molar refractivity (Wildman–Crippen MR) is 92.0 cm³/mol. The number of rotatable bonds is 3. The summed E-state index contributed by atoms with van der Waals surface area (Å²) in [4.78, 5) is 14.4. The Morgan fingerprint density at radius 1 is 1.39 bits per heavy atom. The Hall–Kier alpha value is -1.86. The predicted octanol–water partition coefficient (Wildman–Crippen LogP) is 2.84. The minimum absolute atomic E-state index is 0.0734. The summed E-state index contributed by atoms with van der Waals surface area (Å²) in [6.07, 6.45) is 0.924. The molecule has 1 saturated heterocycles. The van der Waals surface area contributed by atoms with Crippen molar-refractivity contribution in [1.82, 2.24) is 10.2 Å². The van der Waals surface area contributed by atoms with Crippen LogP contribution in [0.4, 0.5) is 0 Å². The minimum Gasteiger partial charge on any atom is -0.352 e. The number of nitriles is 1. The van der Waals surface area contributed by atoms with Gasteiger partial charge >= 0.3 is 0 Å². The van der Waals surface area contributed by atoms with Crippen molar-refractivity contribution in [2.75, 3.05) is 19.6 Å². The van der Waals surface area contributed by atoms with Crippen molar-refractivity contribution in [3.63, 3.8) is 0 Å². The number of nitrogens with zero attached hydrogens (tertiary/aromatic N) is 2. The van der Waals surface area contributed by atoms with Gasteiger partial charge in [0.1, 0.15) is 0 Å². The molecule has 0 spiro atoms. The third-order valence-electron chi connectivity index (χ3n) is 4.35. The van der Waals surface area contributed by atoms with E-state index in [1.165, 1.54) is 11.1 Å². The molecule has 0 bridgehead atoms. The highest BCUT2D eigenvalue weighted by Gasteiger charge is 2.31. The molecule has 1 N–H and O–H groups in total. The Kier molecular flexibility index (Phi) is 5.43. The van der Waals surface area contributed by atoms with E-state index in [4.69, 9.17) is 5.26 Å². The van der Waals surface area contributed by atoms with E-state index in [0.717, 1.165) is 19.5 Å². The number of carbonyl (C=O) groups excluding carboxylic acids is 1. The Bertz CT molecular complexity index is 597. The highest BCUT2D eigenvalue weighted by molar-refractivity contribution is 5.81. The normalized spacial score (nSPS) is 22.4. The molecule has 1 aliphatic heterocycles. The fourth-order valence-electron chi connectivity index (χ4n) is 3.09. The lowest BCUT2D eigenvalue weighted by Crippen LogP contribution is -2.52. The first kappa shape index (κ1) is 17.5. The average molecular weight is 313 g/mol. The molecule has 4 heteroatoms. The molecule has 1 fully saturated rings. The van der Waals surface area contributed by atoms with Gasteiger partial charge < -0.3 is 5.32 Å². The monoisotopic (exact) mass is 313 g/mol. The van der Waals surface area contributed by atoms with Crippen molar-refractivity contribution in [1.29, 1.82) is 5.26 Å². The van der Waals surface area contributed by atoms with Crippen molar-refractivity contribution in [2.24, 2.45) is 5.41 Å². The first-order chi connectivity index (χ1) is 10.8. The molecule has 0 radical (unpaired) electrons. The Labute approximate surface area is 139 Å². The SMILES string of the molecule is Cc1cccc(C2CC(NC(=O)C(C)(C)C)CN(CC#N)C2)c1. The van der Waals surface area contributed by atoms with Gasteiger partial charge in [0.2, 0.25) is 5.91 Å². The molecule has 0 aromatic heterocycles. The number of amides is 1. The molecule has 1 aromatic rings. The first-order valence-electron chi connectivity index (χ1n) is 8.26. The number of likely N-dealkylation sites (tertiary alicyclic amines) is 1. The molecule has 4 nitrogen and oxygen atoms in total. The summed E-state index contributed by atoms with van der Waals surface area (Å²) < 4.78 is 0. The van der Waals surface area contributed by atoms with Crippen LogP contribution >= 0.6 is 0 Å². The van der Waals surface area contributed by atoms with Crippen LogP contribution in [0.3, 0.4) is 0 Å². The first-order valence-corrected chi connectivity index (χ1v) is 8.26. The van der Waals surface area contributed by atoms with E-state index in [1.807, 2.05) is 20.8 Å². The number of hydrogen-bond donors (Lipinski definition) is 1. The van der Waals surface area contributed by atoms with Gasteiger partial charge in [0.05, 0.1) is 12.6 Å². The molecule has 2 atom stereocenters. The molecule has 1 amide bonds. The summed E-state index contributed by atoms with van der Waals surface area (Å²) in [5.41, 5.74) is 2.15. The van der Waals surface area contributed by atoms with Gasteiger partial charge in [-0.25, -0.2) is 0 Å². The van der Waals surface area contributed by atoms with Gasteiger partial charge in [-0.15, -0.1) is 0 Å². The molecule has 0 saturated carbocycles. The van der Waals surface area contributed by atoms with Crippen LogP contribution in [0, 0.1) is 23.7 Å². The number of carbonyl (C=O) groups is 1. The lowest BCUT2D eigenvalue weighted by atomic mass is 9.86. The molecular formula is C19H27N3O. The smallest absolute Gasteiger partial charge is 0.225 e. The van der Waals surface area contributed by atoms with Crippen molar-refractivity contribution >= 4 is 5.91 Å². The summed E-state index contributed by atoms with van der Waals surface area (Å²) in [5, 5.41) is 12.2. The zero-order valence-electron chi connectivity index (χ0n) is 14.6. The molecule has 124 valence electrons. The van der Waals surface area contributed by atoms with Gasteiger partial charge in [0, 0.05) is 24.5 Å². The maximum Gasteiger partial charge on any atom is 0.225 e. The number of nitrogens with one attached hydrogen (secondary N) is 1. The van der Waals surface area contributed by atoms with Crippen molar-refractivity contribution in [3.8, 4) is 6.07 Å². The number of hydrogen-bond acceptors (Lipinski definition) is 3. The second-order valence-corrected chi connectivity index (χ2v) is 7.62. The van der Waals surface area contributed by atoms with Gasteiger partial charge in [-0.1, -0.05) is 50.6 Å². The van der Waals surface area contributed by atoms with Crippen LogP contribution in [0.25, 0.3) is 0 Å². The van der Waals surface area contributed by atoms with Gasteiger partial charge in [-0.05, 0) is 24.8 Å². The zero-order chi connectivity index (χ0) is 17.0. The summed E-state index contributed by atoms with van der Waals surface area (Å²) in [7, 11) is 0. The average Bonchev–Trinajstić information content (AvgIpc) is 2.46. The van der Waals surface area contributed by atoms with Crippen molar-refractivity contribution in [2.45, 2.75) is 46.1 Å². The third kappa shape index (κ3) is 4.80. The van der Waals surface area contributed by atoms with Gasteiger partial charge in [-0.3, -0.25) is 9.69 Å². The maximum atomic E-state index is 12.3. The highest BCUT2D eigenvalue weighted by atomic mass is 16.2. The topological polar surface area (TPSA) is 56.1 Å². The second-order valence-electron chi connectivity index (χ2n) is 7.62. The maximum absolute atomic E-state index is 12.3. The zero-order valence-corrected chi connectivity index (χ0v) is 14.6. The summed E-state index contributed by atoms with van der Waals surface area (Å²) >= 11 is 0. The van der Waals surface area contributed by atoms with Crippen LogP contribution in [0.5, 0.6) is 0 Å². The number of piperidine rings is 1. The lowest BCUT2D eigenvalue weighted by molar-refractivity contribution is -0.129. The number of aryl methyl sites for hydroxylation is 1. The lowest BCUT2D eigenvalue weighted by Gasteiger charge is -2.38. The Balaban J connectivity index is 2.14. The molecule has 2 rings (SSSR count). The molecule has 2 unspecified atom stereocenters. The van der Waals surface area contributed by atoms with Crippen LogP contribution in [-0.2, 0) is 4.79 Å². The fraction of sp³-hybridized carbons (Fsp3) is 0.579. The quantitative estimate of drug-likeness (QED) is 0.873. The summed E-state index contributed by atoms with van der Waals surface area (Å²) in [5.74, 6) is 0.423. The van der Waals surface area contributed by atoms with E-state index in [-0.39, 0.29) is 11.9 Å². The Morgan fingerprint density at radius 2 is 2.13 bits per heavy atom. The van der Waals surface area contributed by atoms with Gasteiger partial charge in [0.15, 0.2) is 0 Å². The van der Waals surface area contributed by atoms with Gasteiger partial charge in [0.25, 0.3) is 0 Å². The largest absolute Gasteiger partial charge is 0.352 e. The van der Waals surface area contributed by atoms with E-state index in [1.54, 1.807) is 0 Å². The van der Waals surface area contributed by atoms with Crippen LogP contribution in [0.1, 0.15) is 44.2 Å². The van der Waals surface area contributed by atoms with Gasteiger partial charge in [-0.2, -0.15) is 5.26 Å². The Morgan fingerprint density at radius 3 is 2.74 bits per heavy atom. The summed E-state index contributed by atoms with van der Waals surface area (Å²) in [6.45, 7) is 9.90. The molecule has 23 heavy (non-hydrogen) atoms. The van der Waals surface area contributed by atoms with E-state index < -0.39 is 5.41 Å². The molecule has 1 heterocycles.